The predicted molar refractivity (Wildman–Crippen MR) is 64.8 cm³/mol. The highest BCUT2D eigenvalue weighted by Crippen LogP contribution is 2.37. The van der Waals surface area contributed by atoms with Crippen LogP contribution in [0.1, 0.15) is 36.4 Å². The van der Waals surface area contributed by atoms with E-state index in [1.165, 1.54) is 30.4 Å². The lowest BCUT2D eigenvalue weighted by Crippen LogP contribution is -2.12. The summed E-state index contributed by atoms with van der Waals surface area (Å²) < 4.78 is 5.94. The Balaban J connectivity index is 1.80. The van der Waals surface area contributed by atoms with Gasteiger partial charge in [0.2, 0.25) is 0 Å². The van der Waals surface area contributed by atoms with Crippen LogP contribution >= 0.6 is 0 Å². The lowest BCUT2D eigenvalue weighted by Gasteiger charge is -2.12. The molecule has 0 saturated heterocycles. The fraction of sp³-hybridized carbons (Fsp3) is 0.571. The number of ether oxygens (including phenoxy) is 1. The van der Waals surface area contributed by atoms with Gasteiger partial charge in [-0.15, -0.1) is 0 Å². The number of hydrogen-bond donors (Lipinski definition) is 1. The lowest BCUT2D eigenvalue weighted by molar-refractivity contribution is 0.297. The molecule has 0 heterocycles. The minimum Gasteiger partial charge on any atom is -0.493 e. The maximum absolute atomic E-state index is 5.94. The second kappa shape index (κ2) is 4.10. The van der Waals surface area contributed by atoms with Crippen molar-refractivity contribution in [2.24, 2.45) is 5.92 Å². The fourth-order valence-electron chi connectivity index (χ4n) is 2.55. The molecule has 1 unspecified atom stereocenters. The summed E-state index contributed by atoms with van der Waals surface area (Å²) in [4.78, 5) is 0. The maximum atomic E-state index is 5.94. The number of nitrogens with one attached hydrogen (secondary N) is 1. The first-order valence-corrected chi connectivity index (χ1v) is 6.30. The number of benzene rings is 1. The van der Waals surface area contributed by atoms with Crippen molar-refractivity contribution in [3.63, 3.8) is 0 Å². The molecule has 1 aromatic rings. The third-order valence-electron chi connectivity index (χ3n) is 3.75. The Labute approximate surface area is 97.0 Å². The van der Waals surface area contributed by atoms with Gasteiger partial charge in [0.15, 0.2) is 0 Å². The van der Waals surface area contributed by atoms with E-state index in [-0.39, 0.29) is 0 Å². The van der Waals surface area contributed by atoms with E-state index in [9.17, 15) is 0 Å². The summed E-state index contributed by atoms with van der Waals surface area (Å²) in [6, 6.07) is 7.00. The van der Waals surface area contributed by atoms with Gasteiger partial charge in [-0.25, -0.2) is 0 Å². The van der Waals surface area contributed by atoms with Crippen LogP contribution in [0.4, 0.5) is 0 Å². The second-order valence-corrected chi connectivity index (χ2v) is 4.96. The van der Waals surface area contributed by atoms with Gasteiger partial charge in [0.05, 0.1) is 6.61 Å². The van der Waals surface area contributed by atoms with Crippen molar-refractivity contribution in [1.29, 1.82) is 0 Å². The molecule has 1 aromatic carbocycles. The normalized spacial score (nSPS) is 23.2. The fourth-order valence-corrected chi connectivity index (χ4v) is 2.55. The molecule has 1 saturated carbocycles. The van der Waals surface area contributed by atoms with E-state index in [0.29, 0.717) is 6.04 Å². The van der Waals surface area contributed by atoms with E-state index in [4.69, 9.17) is 4.74 Å². The van der Waals surface area contributed by atoms with Crippen LogP contribution in [0.5, 0.6) is 5.75 Å². The van der Waals surface area contributed by atoms with Crippen molar-refractivity contribution in [3.05, 3.63) is 29.3 Å². The van der Waals surface area contributed by atoms with Crippen LogP contribution < -0.4 is 10.1 Å². The summed E-state index contributed by atoms with van der Waals surface area (Å²) in [7, 11) is 2.04. The van der Waals surface area contributed by atoms with Gasteiger partial charge in [0.1, 0.15) is 5.75 Å². The van der Waals surface area contributed by atoms with Gasteiger partial charge in [-0.2, -0.15) is 0 Å². The minimum absolute atomic E-state index is 0.527. The van der Waals surface area contributed by atoms with Gasteiger partial charge in [-0.1, -0.05) is 12.1 Å². The Morgan fingerprint density at radius 3 is 2.94 bits per heavy atom. The van der Waals surface area contributed by atoms with E-state index in [0.717, 1.165) is 24.7 Å². The minimum atomic E-state index is 0.527. The average Bonchev–Trinajstić information content (AvgIpc) is 3.04. The van der Waals surface area contributed by atoms with Crippen LogP contribution in [0, 0.1) is 5.92 Å². The van der Waals surface area contributed by atoms with E-state index in [1.54, 1.807) is 0 Å². The number of rotatable bonds is 4. The summed E-state index contributed by atoms with van der Waals surface area (Å²) in [5.74, 6) is 1.96. The monoisotopic (exact) mass is 217 g/mol. The highest BCUT2D eigenvalue weighted by molar-refractivity contribution is 5.45. The van der Waals surface area contributed by atoms with Crippen molar-refractivity contribution in [3.8, 4) is 5.75 Å². The van der Waals surface area contributed by atoms with Gasteiger partial charge in [0.25, 0.3) is 0 Å². The van der Waals surface area contributed by atoms with Crippen molar-refractivity contribution in [2.75, 3.05) is 13.7 Å². The third-order valence-corrected chi connectivity index (χ3v) is 3.75. The molecular weight excluding hydrogens is 198 g/mol. The van der Waals surface area contributed by atoms with Gasteiger partial charge < -0.3 is 10.1 Å². The first kappa shape index (κ1) is 10.2. The summed E-state index contributed by atoms with van der Waals surface area (Å²) in [6.45, 7) is 0.917. The average molecular weight is 217 g/mol. The van der Waals surface area contributed by atoms with Gasteiger partial charge in [-0.05, 0) is 55.8 Å². The van der Waals surface area contributed by atoms with E-state index >= 15 is 0 Å². The zero-order valence-electron chi connectivity index (χ0n) is 9.83. The molecule has 86 valence electrons. The predicted octanol–water partition coefficient (Wildman–Crippen LogP) is 2.68. The van der Waals surface area contributed by atoms with Crippen LogP contribution in [-0.4, -0.2) is 13.7 Å². The largest absolute Gasteiger partial charge is 0.493 e. The van der Waals surface area contributed by atoms with Crippen LogP contribution in [0.2, 0.25) is 0 Å². The molecule has 0 aliphatic heterocycles. The van der Waals surface area contributed by atoms with E-state index in [1.807, 2.05) is 7.05 Å². The molecule has 1 atom stereocenters. The molecule has 3 rings (SSSR count). The smallest absolute Gasteiger partial charge is 0.122 e. The highest BCUT2D eigenvalue weighted by Gasteiger charge is 2.26. The molecule has 2 aliphatic carbocycles. The molecule has 0 amide bonds. The van der Waals surface area contributed by atoms with E-state index < -0.39 is 0 Å². The molecule has 0 aromatic heterocycles. The summed E-state index contributed by atoms with van der Waals surface area (Å²) >= 11 is 0. The van der Waals surface area contributed by atoms with Crippen LogP contribution in [-0.2, 0) is 6.42 Å². The van der Waals surface area contributed by atoms with Crippen LogP contribution in [0.3, 0.4) is 0 Å². The number of fused-ring (bicyclic) bond motifs is 1. The topological polar surface area (TPSA) is 21.3 Å². The Morgan fingerprint density at radius 1 is 1.31 bits per heavy atom. The Hall–Kier alpha value is -1.02. The van der Waals surface area contributed by atoms with Crippen molar-refractivity contribution >= 4 is 0 Å². The maximum Gasteiger partial charge on any atom is 0.122 e. The van der Waals surface area contributed by atoms with Gasteiger partial charge in [0, 0.05) is 6.04 Å². The quantitative estimate of drug-likeness (QED) is 0.837. The molecule has 1 fully saturated rings. The summed E-state index contributed by atoms with van der Waals surface area (Å²) in [5.41, 5.74) is 2.87. The van der Waals surface area contributed by atoms with Crippen LogP contribution in [0.15, 0.2) is 18.2 Å². The molecular formula is C14H19NO. The first-order valence-electron chi connectivity index (χ1n) is 6.30. The molecule has 0 radical (unpaired) electrons. The second-order valence-electron chi connectivity index (χ2n) is 4.96. The molecule has 2 nitrogen and oxygen atoms in total. The molecule has 1 N–H and O–H groups in total. The van der Waals surface area contributed by atoms with Crippen molar-refractivity contribution < 1.29 is 4.74 Å². The zero-order chi connectivity index (χ0) is 11.0. The Morgan fingerprint density at radius 2 is 2.19 bits per heavy atom. The Kier molecular flexibility index (Phi) is 2.60. The first-order chi connectivity index (χ1) is 7.88. The summed E-state index contributed by atoms with van der Waals surface area (Å²) in [6.07, 6.45) is 5.07. The standard InChI is InChI=1S/C14H19NO/c1-15-13-8-7-12-11(13)3-2-4-14(12)16-9-10-5-6-10/h2-4,10,13,15H,5-9H2,1H3. The van der Waals surface area contributed by atoms with Gasteiger partial charge in [-0.3, -0.25) is 0 Å². The lowest BCUT2D eigenvalue weighted by atomic mass is 10.1. The van der Waals surface area contributed by atoms with Gasteiger partial charge >= 0.3 is 0 Å². The molecule has 0 spiro atoms. The summed E-state index contributed by atoms with van der Waals surface area (Å²) in [5, 5.41) is 3.37. The zero-order valence-corrected chi connectivity index (χ0v) is 9.83. The SMILES string of the molecule is CNC1CCc2c(OCC3CC3)cccc21. The molecule has 16 heavy (non-hydrogen) atoms. The van der Waals surface area contributed by atoms with Crippen molar-refractivity contribution in [2.45, 2.75) is 31.7 Å². The van der Waals surface area contributed by atoms with Crippen LogP contribution in [0.25, 0.3) is 0 Å². The third kappa shape index (κ3) is 1.82. The van der Waals surface area contributed by atoms with Crippen molar-refractivity contribution in [1.82, 2.24) is 5.32 Å². The molecule has 0 bridgehead atoms. The molecule has 2 aliphatic rings. The Bertz CT molecular complexity index is 384. The highest BCUT2D eigenvalue weighted by atomic mass is 16.5. The molecule has 2 heteroatoms. The number of hydrogen-bond acceptors (Lipinski definition) is 2. The van der Waals surface area contributed by atoms with E-state index in [2.05, 4.69) is 23.5 Å².